The van der Waals surface area contributed by atoms with E-state index in [1.807, 2.05) is 0 Å². The molecule has 0 saturated carbocycles. The summed E-state index contributed by atoms with van der Waals surface area (Å²) in [6.07, 6.45) is 11.4. The zero-order valence-electron chi connectivity index (χ0n) is 16.1. The normalized spacial score (nSPS) is 35.1. The highest BCUT2D eigenvalue weighted by molar-refractivity contribution is 4.67. The lowest BCUT2D eigenvalue weighted by Gasteiger charge is -2.23. The van der Waals surface area contributed by atoms with Gasteiger partial charge in [0.1, 0.15) is 0 Å². The Morgan fingerprint density at radius 3 is 1.88 bits per heavy atom. The second kappa shape index (κ2) is 12.3. The van der Waals surface area contributed by atoms with Crippen molar-refractivity contribution in [3.05, 3.63) is 0 Å². The summed E-state index contributed by atoms with van der Waals surface area (Å²) in [5, 5.41) is 0. The van der Waals surface area contributed by atoms with Crippen LogP contribution in [0.5, 0.6) is 0 Å². The minimum absolute atomic E-state index is 0.0398. The van der Waals surface area contributed by atoms with Gasteiger partial charge in [0.15, 0.2) is 6.29 Å². The van der Waals surface area contributed by atoms with Crippen molar-refractivity contribution >= 4 is 0 Å². The van der Waals surface area contributed by atoms with Gasteiger partial charge in [-0.3, -0.25) is 0 Å². The molecule has 4 atom stereocenters. The van der Waals surface area contributed by atoms with Crippen LogP contribution in [-0.2, 0) is 28.4 Å². The number of hydrogen-bond acceptors (Lipinski definition) is 6. The lowest BCUT2D eigenvalue weighted by atomic mass is 10.2. The van der Waals surface area contributed by atoms with Gasteiger partial charge < -0.3 is 28.4 Å². The summed E-state index contributed by atoms with van der Waals surface area (Å²) in [6.45, 7) is 5.82. The number of ether oxygens (including phenoxy) is 6. The van der Waals surface area contributed by atoms with Gasteiger partial charge in [-0.1, -0.05) is 0 Å². The molecule has 152 valence electrons. The standard InChI is InChI=1S/2C10H18O3/c1-3-9(7-11-5-1)13-8-10-4-2-6-12-10;1-2-6-12-10(5-1)13-8-9-4-3-7-11-9/h2*9-10H,1-8H2. The third kappa shape index (κ3) is 7.79. The summed E-state index contributed by atoms with van der Waals surface area (Å²) in [5.74, 6) is 0. The Balaban J connectivity index is 0.000000151. The molecule has 0 spiro atoms. The summed E-state index contributed by atoms with van der Waals surface area (Å²) in [4.78, 5) is 0. The van der Waals surface area contributed by atoms with E-state index in [-0.39, 0.29) is 6.29 Å². The molecular formula is C20H36O6. The first-order valence-electron chi connectivity index (χ1n) is 10.6. The van der Waals surface area contributed by atoms with Crippen LogP contribution in [-0.4, -0.2) is 70.9 Å². The van der Waals surface area contributed by atoms with Crippen molar-refractivity contribution in [3.63, 3.8) is 0 Å². The van der Waals surface area contributed by atoms with Gasteiger partial charge >= 0.3 is 0 Å². The Bertz CT molecular complexity index is 308. The maximum Gasteiger partial charge on any atom is 0.157 e. The summed E-state index contributed by atoms with van der Waals surface area (Å²) >= 11 is 0. The van der Waals surface area contributed by atoms with Crippen LogP contribution in [0.25, 0.3) is 0 Å². The van der Waals surface area contributed by atoms with Gasteiger partial charge in [-0.05, 0) is 57.8 Å². The molecule has 4 aliphatic rings. The van der Waals surface area contributed by atoms with Crippen molar-refractivity contribution in [3.8, 4) is 0 Å². The van der Waals surface area contributed by atoms with Crippen LogP contribution in [0.2, 0.25) is 0 Å². The molecule has 0 aliphatic carbocycles. The lowest BCUT2D eigenvalue weighted by Crippen LogP contribution is -2.28. The summed E-state index contributed by atoms with van der Waals surface area (Å²) in [6, 6.07) is 0. The van der Waals surface area contributed by atoms with Gasteiger partial charge in [0.2, 0.25) is 0 Å². The van der Waals surface area contributed by atoms with E-state index in [0.717, 1.165) is 71.7 Å². The first-order valence-corrected chi connectivity index (χ1v) is 10.6. The van der Waals surface area contributed by atoms with Crippen molar-refractivity contribution in [2.75, 3.05) is 46.2 Å². The van der Waals surface area contributed by atoms with E-state index < -0.39 is 0 Å². The molecule has 26 heavy (non-hydrogen) atoms. The fourth-order valence-electron chi connectivity index (χ4n) is 3.69. The molecule has 0 aromatic heterocycles. The van der Waals surface area contributed by atoms with Gasteiger partial charge in [-0.15, -0.1) is 0 Å². The third-order valence-electron chi connectivity index (χ3n) is 5.29. The predicted molar refractivity (Wildman–Crippen MR) is 97.3 cm³/mol. The van der Waals surface area contributed by atoms with E-state index in [2.05, 4.69) is 0 Å². The van der Waals surface area contributed by atoms with Crippen molar-refractivity contribution in [1.82, 2.24) is 0 Å². The van der Waals surface area contributed by atoms with Crippen LogP contribution in [0.15, 0.2) is 0 Å². The lowest BCUT2D eigenvalue weighted by molar-refractivity contribution is -0.175. The fraction of sp³-hybridized carbons (Fsp3) is 1.00. The molecule has 0 aromatic rings. The Labute approximate surface area is 157 Å². The molecule has 4 heterocycles. The highest BCUT2D eigenvalue weighted by Crippen LogP contribution is 2.17. The van der Waals surface area contributed by atoms with Crippen LogP contribution < -0.4 is 0 Å². The zero-order chi connectivity index (χ0) is 17.9. The number of rotatable bonds is 6. The topological polar surface area (TPSA) is 55.4 Å². The van der Waals surface area contributed by atoms with Crippen molar-refractivity contribution in [2.24, 2.45) is 0 Å². The Morgan fingerprint density at radius 1 is 0.615 bits per heavy atom. The minimum atomic E-state index is 0.0398. The van der Waals surface area contributed by atoms with Crippen LogP contribution in [0.4, 0.5) is 0 Å². The average Bonchev–Trinajstić information content (AvgIpc) is 3.41. The quantitative estimate of drug-likeness (QED) is 0.714. The SMILES string of the molecule is C1CCC(OCC2CCCO2)OC1.C1COCC(OCC2CCCO2)C1. The monoisotopic (exact) mass is 372 g/mol. The average molecular weight is 373 g/mol. The molecule has 4 fully saturated rings. The van der Waals surface area contributed by atoms with Crippen molar-refractivity contribution in [1.29, 1.82) is 0 Å². The van der Waals surface area contributed by atoms with Crippen LogP contribution in [0, 0.1) is 0 Å². The first-order chi connectivity index (χ1) is 12.9. The molecule has 0 radical (unpaired) electrons. The highest BCUT2D eigenvalue weighted by atomic mass is 16.7. The second-order valence-electron chi connectivity index (χ2n) is 7.57. The molecule has 0 N–H and O–H groups in total. The van der Waals surface area contributed by atoms with E-state index in [1.165, 1.54) is 25.7 Å². The van der Waals surface area contributed by atoms with E-state index in [9.17, 15) is 0 Å². The molecule has 4 unspecified atom stereocenters. The summed E-state index contributed by atoms with van der Waals surface area (Å²) in [7, 11) is 0. The molecule has 4 aliphatic heterocycles. The van der Waals surface area contributed by atoms with E-state index in [4.69, 9.17) is 28.4 Å². The predicted octanol–water partition coefficient (Wildman–Crippen LogP) is 3.07. The van der Waals surface area contributed by atoms with E-state index >= 15 is 0 Å². The largest absolute Gasteiger partial charge is 0.379 e. The molecule has 6 heteroatoms. The molecule has 0 bridgehead atoms. The molecular weight excluding hydrogens is 336 g/mol. The van der Waals surface area contributed by atoms with Gasteiger partial charge in [0.05, 0.1) is 38.1 Å². The van der Waals surface area contributed by atoms with Crippen LogP contribution in [0.1, 0.15) is 57.8 Å². The maximum absolute atomic E-state index is 5.72. The highest BCUT2D eigenvalue weighted by Gasteiger charge is 2.20. The summed E-state index contributed by atoms with van der Waals surface area (Å²) < 4.78 is 33.1. The fourth-order valence-corrected chi connectivity index (χ4v) is 3.69. The van der Waals surface area contributed by atoms with Gasteiger partial charge in [-0.25, -0.2) is 0 Å². The maximum atomic E-state index is 5.72. The Hall–Kier alpha value is -0.240. The Morgan fingerprint density at radius 2 is 1.31 bits per heavy atom. The summed E-state index contributed by atoms with van der Waals surface area (Å²) in [5.41, 5.74) is 0. The molecule has 4 saturated heterocycles. The molecule has 0 aromatic carbocycles. The molecule has 6 nitrogen and oxygen atoms in total. The first kappa shape index (κ1) is 20.5. The van der Waals surface area contributed by atoms with Gasteiger partial charge in [-0.2, -0.15) is 0 Å². The van der Waals surface area contributed by atoms with Crippen molar-refractivity contribution < 1.29 is 28.4 Å². The van der Waals surface area contributed by atoms with Gasteiger partial charge in [0.25, 0.3) is 0 Å². The molecule has 4 rings (SSSR count). The van der Waals surface area contributed by atoms with Crippen molar-refractivity contribution in [2.45, 2.75) is 82.4 Å². The smallest absolute Gasteiger partial charge is 0.157 e. The van der Waals surface area contributed by atoms with E-state index in [0.29, 0.717) is 24.9 Å². The molecule has 0 amide bonds. The van der Waals surface area contributed by atoms with Gasteiger partial charge in [0, 0.05) is 26.4 Å². The Kier molecular flexibility index (Phi) is 9.67. The van der Waals surface area contributed by atoms with E-state index in [1.54, 1.807) is 0 Å². The van der Waals surface area contributed by atoms with Crippen LogP contribution in [0.3, 0.4) is 0 Å². The zero-order valence-corrected chi connectivity index (χ0v) is 16.1. The number of hydrogen-bond donors (Lipinski definition) is 0. The minimum Gasteiger partial charge on any atom is -0.379 e. The third-order valence-corrected chi connectivity index (χ3v) is 5.29. The van der Waals surface area contributed by atoms with Crippen LogP contribution >= 0.6 is 0 Å². The second-order valence-corrected chi connectivity index (χ2v) is 7.57.